The van der Waals surface area contributed by atoms with Crippen LogP contribution in [0.25, 0.3) is 83.9 Å². The van der Waals surface area contributed by atoms with Crippen LogP contribution in [0.15, 0.2) is 170 Å². The molecule has 0 amide bonds. The van der Waals surface area contributed by atoms with Crippen molar-refractivity contribution in [2.75, 3.05) is 0 Å². The van der Waals surface area contributed by atoms with Gasteiger partial charge >= 0.3 is 0 Å². The van der Waals surface area contributed by atoms with Gasteiger partial charge < -0.3 is 5.11 Å². The third kappa shape index (κ3) is 8.65. The van der Waals surface area contributed by atoms with Gasteiger partial charge in [-0.05, 0) is 92.1 Å². The number of aromatic nitrogens is 3. The molecule has 0 aliphatic rings. The Kier molecular flexibility index (Phi) is 11.8. The smallest absolute Gasteiger partial charge is 0.148 e. The van der Waals surface area contributed by atoms with Crippen LogP contribution in [0.3, 0.4) is 0 Å². The Morgan fingerprint density at radius 1 is 0.562 bits per heavy atom. The summed E-state index contributed by atoms with van der Waals surface area (Å²) in [6.45, 7) is 17.3. The molecule has 0 atom stereocenters. The molecule has 0 fully saturated rings. The third-order valence-corrected chi connectivity index (χ3v) is 12.1. The van der Waals surface area contributed by atoms with Crippen LogP contribution in [0, 0.1) is 6.07 Å². The van der Waals surface area contributed by atoms with Gasteiger partial charge in [-0.1, -0.05) is 182 Å². The summed E-state index contributed by atoms with van der Waals surface area (Å²) in [7, 11) is 0. The number of rotatable bonds is 8. The van der Waals surface area contributed by atoms with Crippen molar-refractivity contribution in [3.8, 4) is 78.6 Å². The predicted octanol–water partition coefficient (Wildman–Crippen LogP) is 15.6. The van der Waals surface area contributed by atoms with Gasteiger partial charge in [-0.2, -0.15) is 0 Å². The van der Waals surface area contributed by atoms with Crippen LogP contribution in [0.1, 0.15) is 79.3 Å². The number of fused-ring (bicyclic) bond motifs is 1. The molecule has 322 valence electrons. The van der Waals surface area contributed by atoms with Crippen LogP contribution in [-0.4, -0.2) is 19.6 Å². The monoisotopic (exact) mass is 1020 g/mol. The maximum Gasteiger partial charge on any atom is 0.148 e. The second-order valence-corrected chi connectivity index (χ2v) is 18.8. The number of phenolic OH excluding ortho intramolecular Hbond substituents is 1. The maximum atomic E-state index is 11.6. The van der Waals surface area contributed by atoms with E-state index >= 15 is 0 Å². The quantitative estimate of drug-likeness (QED) is 0.154. The van der Waals surface area contributed by atoms with E-state index in [1.165, 1.54) is 5.56 Å². The van der Waals surface area contributed by atoms with E-state index in [1.807, 2.05) is 74.6 Å². The van der Waals surface area contributed by atoms with E-state index in [4.69, 9.17) is 9.97 Å². The van der Waals surface area contributed by atoms with Crippen molar-refractivity contribution in [2.24, 2.45) is 0 Å². The molecule has 64 heavy (non-hydrogen) atoms. The van der Waals surface area contributed by atoms with Gasteiger partial charge in [0.15, 0.2) is 0 Å². The van der Waals surface area contributed by atoms with Gasteiger partial charge in [0.2, 0.25) is 0 Å². The molecule has 0 unspecified atom stereocenters. The van der Waals surface area contributed by atoms with Crippen molar-refractivity contribution in [3.63, 3.8) is 0 Å². The Labute approximate surface area is 394 Å². The molecule has 4 nitrogen and oxygen atoms in total. The zero-order chi connectivity index (χ0) is 45.0. The van der Waals surface area contributed by atoms with E-state index in [0.717, 1.165) is 83.6 Å². The van der Waals surface area contributed by atoms with Gasteiger partial charge in [0.05, 0.1) is 22.3 Å². The number of aromatic hydroxyl groups is 1. The van der Waals surface area contributed by atoms with Crippen LogP contribution in [0.5, 0.6) is 5.75 Å². The Morgan fingerprint density at radius 3 is 1.81 bits per heavy atom. The van der Waals surface area contributed by atoms with E-state index in [-0.39, 0.29) is 37.6 Å². The number of hydrogen-bond donors (Lipinski definition) is 1. The van der Waals surface area contributed by atoms with Gasteiger partial charge in [-0.3, -0.25) is 9.55 Å². The Balaban J connectivity index is 0.00000576. The van der Waals surface area contributed by atoms with E-state index in [9.17, 15) is 6.48 Å². The number of imidazole rings is 1. The van der Waals surface area contributed by atoms with Crippen LogP contribution in [-0.2, 0) is 31.9 Å². The summed E-state index contributed by atoms with van der Waals surface area (Å²) in [4.78, 5) is 10.4. The van der Waals surface area contributed by atoms with E-state index in [0.29, 0.717) is 11.4 Å². The summed E-state index contributed by atoms with van der Waals surface area (Å²) < 4.78 is 11.6. The zero-order valence-electron chi connectivity index (χ0n) is 38.8. The first-order valence-corrected chi connectivity index (χ1v) is 21.8. The molecular formula is C59H54N3OPt-. The largest absolute Gasteiger partial charge is 0.507 e. The summed E-state index contributed by atoms with van der Waals surface area (Å²) >= 11 is 0. The molecule has 0 saturated heterocycles. The first-order chi connectivity index (χ1) is 30.5. The SMILES string of the molecule is [2H]C(C)(C)c1cc(-c2ccccc2)c(-n2c(-c3ccccc3O)nc3c(-c4[c-]c(-c5cc(-c6ccc(C(C)(C)C)cc6)ccn5)cc(C(C)(C)C)c4)cccc32)cc1-c1ccccc1.[Pt]. The maximum absolute atomic E-state index is 11.6. The molecule has 0 saturated carbocycles. The molecule has 0 spiro atoms. The molecule has 5 heteroatoms. The zero-order valence-corrected chi connectivity index (χ0v) is 40.0. The Bertz CT molecular complexity index is 3150. The first kappa shape index (κ1) is 42.9. The number of phenols is 1. The molecule has 0 radical (unpaired) electrons. The number of benzene rings is 7. The Hall–Kier alpha value is -6.35. The third-order valence-electron chi connectivity index (χ3n) is 12.1. The topological polar surface area (TPSA) is 50.9 Å². The summed E-state index contributed by atoms with van der Waals surface area (Å²) in [6, 6.07) is 60.1. The van der Waals surface area contributed by atoms with Gasteiger partial charge in [0.25, 0.3) is 0 Å². The average molecular weight is 1020 g/mol. The average Bonchev–Trinajstić information content (AvgIpc) is 3.68. The van der Waals surface area contributed by atoms with Gasteiger partial charge in [-0.15, -0.1) is 29.3 Å². The molecule has 9 rings (SSSR count). The number of para-hydroxylation sites is 2. The van der Waals surface area contributed by atoms with Gasteiger partial charge in [-0.25, -0.2) is 4.98 Å². The molecule has 2 heterocycles. The minimum atomic E-state index is -0.908. The van der Waals surface area contributed by atoms with Crippen molar-refractivity contribution >= 4 is 11.0 Å². The minimum Gasteiger partial charge on any atom is -0.507 e. The molecule has 0 bridgehead atoms. The summed E-state index contributed by atoms with van der Waals surface area (Å²) in [5.41, 5.74) is 16.2. The van der Waals surface area contributed by atoms with Gasteiger partial charge in [0.1, 0.15) is 11.6 Å². The molecule has 0 aliphatic heterocycles. The van der Waals surface area contributed by atoms with E-state index in [2.05, 4.69) is 155 Å². The first-order valence-electron chi connectivity index (χ1n) is 22.3. The fraction of sp³-hybridized carbons (Fsp3) is 0.186. The van der Waals surface area contributed by atoms with Crippen LogP contribution in [0.2, 0.25) is 0 Å². The molecule has 9 aromatic rings. The van der Waals surface area contributed by atoms with Crippen molar-refractivity contribution in [2.45, 2.75) is 72.1 Å². The van der Waals surface area contributed by atoms with Crippen molar-refractivity contribution in [3.05, 3.63) is 193 Å². The van der Waals surface area contributed by atoms with Gasteiger partial charge in [0, 0.05) is 39.9 Å². The molecular weight excluding hydrogens is 962 g/mol. The summed E-state index contributed by atoms with van der Waals surface area (Å²) in [5.74, 6) is -0.167. The molecule has 7 aromatic carbocycles. The van der Waals surface area contributed by atoms with Crippen LogP contribution < -0.4 is 0 Å². The van der Waals surface area contributed by atoms with E-state index in [1.54, 1.807) is 6.07 Å². The minimum absolute atomic E-state index is 0. The van der Waals surface area contributed by atoms with E-state index < -0.39 is 5.89 Å². The number of pyridine rings is 1. The van der Waals surface area contributed by atoms with Crippen LogP contribution in [0.4, 0.5) is 0 Å². The summed E-state index contributed by atoms with van der Waals surface area (Å²) in [6.07, 6.45) is 1.89. The molecule has 1 N–H and O–H groups in total. The normalized spacial score (nSPS) is 12.2. The molecule has 0 aliphatic carbocycles. The summed E-state index contributed by atoms with van der Waals surface area (Å²) in [5, 5.41) is 11.6. The second kappa shape index (κ2) is 17.7. The fourth-order valence-electron chi connectivity index (χ4n) is 8.50. The predicted molar refractivity (Wildman–Crippen MR) is 263 cm³/mol. The standard InChI is InChI=1S/C59H54N3O.Pt/c1-38(2)49-36-51(41-20-13-10-14-21-41)54(37-50(49)40-18-11-9-12-19-40)62-53-24-17-23-47(56(53)61-57(62)48-22-15-16-25-55(48)63)43-32-44(34-46(33-43)59(6,7)8)52-35-42(30-31-60-52)39-26-28-45(29-27-39)58(3,4)5;/h9-31,33-38,63H,1-8H3;/q-1;/i38D;. The second-order valence-electron chi connectivity index (χ2n) is 18.8. The number of hydrogen-bond acceptors (Lipinski definition) is 3. The molecule has 2 aromatic heterocycles. The Morgan fingerprint density at radius 2 is 1.17 bits per heavy atom. The van der Waals surface area contributed by atoms with Crippen LogP contribution >= 0.6 is 0 Å². The van der Waals surface area contributed by atoms with Crippen molar-refractivity contribution < 1.29 is 27.5 Å². The van der Waals surface area contributed by atoms with Crippen molar-refractivity contribution in [1.29, 1.82) is 0 Å². The number of nitrogens with zero attached hydrogens (tertiary/aromatic N) is 3. The van der Waals surface area contributed by atoms with Crippen molar-refractivity contribution in [1.82, 2.24) is 14.5 Å². The fourth-order valence-corrected chi connectivity index (χ4v) is 8.50.